The van der Waals surface area contributed by atoms with Gasteiger partial charge in [0, 0.05) is 34.6 Å². The zero-order valence-electron chi connectivity index (χ0n) is 30.5. The summed E-state index contributed by atoms with van der Waals surface area (Å²) in [6.07, 6.45) is -0.388. The summed E-state index contributed by atoms with van der Waals surface area (Å²) >= 11 is 0. The quantitative estimate of drug-likeness (QED) is 0.136. The molecule has 1 fully saturated rings. The Morgan fingerprint density at radius 1 is 0.907 bits per heavy atom. The first-order valence-corrected chi connectivity index (χ1v) is 21.7. The smallest absolute Gasteiger partial charge is 0.264 e. The fourth-order valence-corrected chi connectivity index (χ4v) is 12.3. The number of ether oxygens (including phenoxy) is 1. The summed E-state index contributed by atoms with van der Waals surface area (Å²) in [6, 6.07) is 34.4. The van der Waals surface area contributed by atoms with Gasteiger partial charge in [0.25, 0.3) is 11.8 Å². The number of nitrogens with zero attached hydrogens (tertiary/aromatic N) is 3. The van der Waals surface area contributed by atoms with Crippen LogP contribution in [0.3, 0.4) is 0 Å². The Hall–Kier alpha value is -5.16. The van der Waals surface area contributed by atoms with Crippen LogP contribution in [0.25, 0.3) is 10.8 Å². The first-order valence-electron chi connectivity index (χ1n) is 18.7. The van der Waals surface area contributed by atoms with Gasteiger partial charge >= 0.3 is 0 Å². The Morgan fingerprint density at radius 2 is 1.61 bits per heavy atom. The van der Waals surface area contributed by atoms with Gasteiger partial charge in [-0.05, 0) is 71.9 Å². The maximum atomic E-state index is 16.6. The summed E-state index contributed by atoms with van der Waals surface area (Å²) in [5.74, 6) is -1.15. The molecule has 54 heavy (non-hydrogen) atoms. The third-order valence-electron chi connectivity index (χ3n) is 12.2. The van der Waals surface area contributed by atoms with Gasteiger partial charge in [-0.1, -0.05) is 85.8 Å². The molecular formula is C44H42FN3O5Si. The molecule has 1 spiro atoms. The number of aliphatic hydroxyl groups excluding tert-OH is 1. The number of fused-ring (bicyclic) bond motifs is 3. The molecule has 9 rings (SSSR count). The summed E-state index contributed by atoms with van der Waals surface area (Å²) in [4.78, 5) is 48.0. The molecule has 8 nitrogen and oxygen atoms in total. The highest BCUT2D eigenvalue weighted by Crippen LogP contribution is 2.60. The molecule has 1 N–H and O–H groups in total. The van der Waals surface area contributed by atoms with Gasteiger partial charge in [0.15, 0.2) is 5.60 Å². The Balaban J connectivity index is 1.03. The standard InChI is InChI=1S/C44H42FN3O5Si/c1-27-41(54(2,3)45)38(23-39(50)46-25-31-13-5-4-12-30(31)22-33(46)26-49)53-44(27)35-18-6-7-19-36(35)47(43(44)52)24-28-11-8-16-32(21-28)48-37-20-10-15-29-14-9-17-34(40(29)37)42(48)51/h4-21,27,33,38,41,49H,22-26H2,1-3H3/t27-,33+,38+,41-,44+/m1/s1. The van der Waals surface area contributed by atoms with Crippen LogP contribution in [0.4, 0.5) is 21.2 Å². The van der Waals surface area contributed by atoms with Crippen molar-refractivity contribution in [3.63, 3.8) is 0 Å². The maximum Gasteiger partial charge on any atom is 0.264 e. The van der Waals surface area contributed by atoms with E-state index in [9.17, 15) is 14.7 Å². The molecule has 5 aromatic carbocycles. The van der Waals surface area contributed by atoms with Crippen molar-refractivity contribution >= 4 is 54.0 Å². The Labute approximate surface area is 314 Å². The predicted molar refractivity (Wildman–Crippen MR) is 209 cm³/mol. The van der Waals surface area contributed by atoms with E-state index in [1.54, 1.807) is 27.8 Å². The normalized spacial score (nSPS) is 24.5. The second kappa shape index (κ2) is 12.7. The average Bonchev–Trinajstić information content (AvgIpc) is 3.72. The van der Waals surface area contributed by atoms with Crippen LogP contribution in [0.5, 0.6) is 0 Å². The molecule has 10 heteroatoms. The van der Waals surface area contributed by atoms with Gasteiger partial charge in [-0.25, -0.2) is 0 Å². The van der Waals surface area contributed by atoms with E-state index < -0.39 is 37.6 Å². The molecule has 5 atom stereocenters. The monoisotopic (exact) mass is 739 g/mol. The Morgan fingerprint density at radius 3 is 2.39 bits per heavy atom. The van der Waals surface area contributed by atoms with Crippen molar-refractivity contribution in [1.82, 2.24) is 4.90 Å². The molecule has 1 saturated heterocycles. The van der Waals surface area contributed by atoms with Crippen LogP contribution in [-0.2, 0) is 39.4 Å². The minimum Gasteiger partial charge on any atom is -0.394 e. The van der Waals surface area contributed by atoms with Crippen molar-refractivity contribution in [3.8, 4) is 0 Å². The molecule has 4 aliphatic rings. The first kappa shape index (κ1) is 34.6. The molecular weight excluding hydrogens is 698 g/mol. The van der Waals surface area contributed by atoms with Crippen LogP contribution >= 0.6 is 0 Å². The van der Waals surface area contributed by atoms with Gasteiger partial charge in [0.05, 0.1) is 48.7 Å². The molecule has 4 aliphatic heterocycles. The van der Waals surface area contributed by atoms with Gasteiger partial charge in [0.2, 0.25) is 14.3 Å². The lowest BCUT2D eigenvalue weighted by Crippen LogP contribution is -2.48. The molecule has 0 aliphatic carbocycles. The lowest BCUT2D eigenvalue weighted by atomic mass is 9.82. The zero-order valence-corrected chi connectivity index (χ0v) is 31.5. The zero-order chi connectivity index (χ0) is 37.5. The largest absolute Gasteiger partial charge is 0.394 e. The maximum absolute atomic E-state index is 16.6. The van der Waals surface area contributed by atoms with Crippen LogP contribution in [-0.4, -0.2) is 54.9 Å². The van der Waals surface area contributed by atoms with E-state index in [1.807, 2.05) is 116 Å². The van der Waals surface area contributed by atoms with Gasteiger partial charge in [-0.15, -0.1) is 0 Å². The average molecular weight is 740 g/mol. The Bertz CT molecular complexity index is 2360. The SMILES string of the molecule is C[C@@H]1[C@@H]([Si](C)(C)F)[C@H](CC(=O)N2Cc3ccccc3C[C@H]2CO)O[C@@]12C(=O)N(Cc1cccc(N3C(=O)c4cccc5cccc3c45)c1)c1ccccc12. The highest BCUT2D eigenvalue weighted by molar-refractivity contribution is 6.72. The first-order chi connectivity index (χ1) is 26.0. The van der Waals surface area contributed by atoms with E-state index in [0.29, 0.717) is 35.5 Å². The summed E-state index contributed by atoms with van der Waals surface area (Å²) in [5, 5.41) is 12.2. The van der Waals surface area contributed by atoms with Crippen LogP contribution < -0.4 is 9.80 Å². The third kappa shape index (κ3) is 5.18. The molecule has 0 radical (unpaired) electrons. The molecule has 5 aromatic rings. The number of hydrogen-bond donors (Lipinski definition) is 1. The van der Waals surface area contributed by atoms with Gasteiger partial charge in [0.1, 0.15) is 0 Å². The number of aliphatic hydroxyl groups is 1. The number of carbonyl (C=O) groups excluding carboxylic acids is 3. The molecule has 0 saturated carbocycles. The van der Waals surface area contributed by atoms with E-state index in [4.69, 9.17) is 4.74 Å². The van der Waals surface area contributed by atoms with Crippen molar-refractivity contribution in [3.05, 3.63) is 137 Å². The summed E-state index contributed by atoms with van der Waals surface area (Å²) < 4.78 is 23.4. The highest BCUT2D eigenvalue weighted by Gasteiger charge is 2.67. The van der Waals surface area contributed by atoms with E-state index in [-0.39, 0.29) is 37.3 Å². The van der Waals surface area contributed by atoms with Gasteiger partial charge in [-0.3, -0.25) is 19.3 Å². The second-order valence-corrected chi connectivity index (χ2v) is 19.5. The topological polar surface area (TPSA) is 90.4 Å². The summed E-state index contributed by atoms with van der Waals surface area (Å²) in [5.41, 5.74) is 4.37. The predicted octanol–water partition coefficient (Wildman–Crippen LogP) is 7.79. The van der Waals surface area contributed by atoms with Gasteiger partial charge < -0.3 is 23.8 Å². The van der Waals surface area contributed by atoms with E-state index in [1.165, 1.54) is 0 Å². The fraction of sp³-hybridized carbons (Fsp3) is 0.295. The number of halogens is 1. The van der Waals surface area contributed by atoms with Crippen molar-refractivity contribution in [2.24, 2.45) is 5.92 Å². The number of rotatable bonds is 7. The summed E-state index contributed by atoms with van der Waals surface area (Å²) in [7, 11) is -3.52. The van der Waals surface area contributed by atoms with Crippen molar-refractivity contribution in [2.75, 3.05) is 16.4 Å². The molecule has 4 heterocycles. The Kier molecular flexibility index (Phi) is 8.15. The van der Waals surface area contributed by atoms with E-state index >= 15 is 8.90 Å². The third-order valence-corrected chi connectivity index (χ3v) is 14.7. The minimum atomic E-state index is -3.52. The number of carbonyl (C=O) groups is 3. The lowest BCUT2D eigenvalue weighted by Gasteiger charge is -2.37. The minimum absolute atomic E-state index is 0.0910. The summed E-state index contributed by atoms with van der Waals surface area (Å²) in [6.45, 7) is 5.54. The van der Waals surface area contributed by atoms with E-state index in [0.717, 1.165) is 33.2 Å². The second-order valence-electron chi connectivity index (χ2n) is 15.7. The van der Waals surface area contributed by atoms with Crippen LogP contribution in [0.2, 0.25) is 18.6 Å². The fourth-order valence-electron chi connectivity index (χ4n) is 9.84. The number of anilines is 3. The molecule has 3 amide bonds. The van der Waals surface area contributed by atoms with Gasteiger partial charge in [-0.2, -0.15) is 0 Å². The highest BCUT2D eigenvalue weighted by atomic mass is 28.4. The van der Waals surface area contributed by atoms with Crippen LogP contribution in [0, 0.1) is 5.92 Å². The number of para-hydroxylation sites is 1. The molecule has 0 aromatic heterocycles. The van der Waals surface area contributed by atoms with Crippen molar-refractivity contribution in [1.29, 1.82) is 0 Å². The van der Waals surface area contributed by atoms with Crippen molar-refractivity contribution in [2.45, 2.75) is 69.2 Å². The number of hydrogen-bond acceptors (Lipinski definition) is 5. The molecule has 274 valence electrons. The van der Waals surface area contributed by atoms with E-state index in [2.05, 4.69) is 0 Å². The lowest BCUT2D eigenvalue weighted by molar-refractivity contribution is -0.151. The number of benzene rings is 5. The number of amides is 3. The molecule has 0 unspecified atom stereocenters. The molecule has 0 bridgehead atoms. The van der Waals surface area contributed by atoms with Crippen LogP contribution in [0.1, 0.15) is 46.0 Å². The van der Waals surface area contributed by atoms with Crippen molar-refractivity contribution < 1.29 is 28.3 Å². The van der Waals surface area contributed by atoms with Crippen LogP contribution in [0.15, 0.2) is 109 Å².